The van der Waals surface area contributed by atoms with Crippen LogP contribution in [0.25, 0.3) is 0 Å². The lowest BCUT2D eigenvalue weighted by atomic mass is 9.99. The molecule has 1 amide bonds. The molecule has 0 fully saturated rings. The van der Waals surface area contributed by atoms with Crippen molar-refractivity contribution in [3.05, 3.63) is 65.2 Å². The van der Waals surface area contributed by atoms with Crippen LogP contribution in [0.4, 0.5) is 18.9 Å². The Bertz CT molecular complexity index is 694. The standard InChI is InChI=1S/C19H21F3N2O/c1-13(12-15-2-6-16(7-3-15)19(20,21)22)18(25)24-11-10-14-4-8-17(23)9-5-14/h2-9,13H,10-12,23H2,1H3,(H,24,25). The molecule has 0 bridgehead atoms. The Balaban J connectivity index is 1.80. The summed E-state index contributed by atoms with van der Waals surface area (Å²) in [5.41, 5.74) is 7.40. The SMILES string of the molecule is CC(Cc1ccc(C(F)(F)F)cc1)C(=O)NCCc1ccc(N)cc1. The minimum absolute atomic E-state index is 0.115. The summed E-state index contributed by atoms with van der Waals surface area (Å²) in [7, 11) is 0. The van der Waals surface area contributed by atoms with Crippen LogP contribution in [0.15, 0.2) is 48.5 Å². The van der Waals surface area contributed by atoms with E-state index < -0.39 is 11.7 Å². The van der Waals surface area contributed by atoms with E-state index in [-0.39, 0.29) is 11.8 Å². The van der Waals surface area contributed by atoms with Crippen LogP contribution in [0.2, 0.25) is 0 Å². The molecule has 0 heterocycles. The number of nitrogens with two attached hydrogens (primary N) is 1. The first kappa shape index (κ1) is 18.8. The van der Waals surface area contributed by atoms with E-state index in [1.807, 2.05) is 24.3 Å². The predicted octanol–water partition coefficient (Wildman–Crippen LogP) is 3.83. The minimum Gasteiger partial charge on any atom is -0.399 e. The third kappa shape index (κ3) is 5.81. The van der Waals surface area contributed by atoms with Gasteiger partial charge in [0.05, 0.1) is 5.56 Å². The fourth-order valence-corrected chi connectivity index (χ4v) is 2.46. The van der Waals surface area contributed by atoms with Gasteiger partial charge in [-0.15, -0.1) is 0 Å². The Hall–Kier alpha value is -2.50. The van der Waals surface area contributed by atoms with E-state index in [1.54, 1.807) is 6.92 Å². The minimum atomic E-state index is -4.34. The van der Waals surface area contributed by atoms with E-state index in [9.17, 15) is 18.0 Å². The Morgan fingerprint density at radius 2 is 1.60 bits per heavy atom. The van der Waals surface area contributed by atoms with Crippen molar-refractivity contribution in [2.24, 2.45) is 5.92 Å². The number of amides is 1. The zero-order valence-electron chi connectivity index (χ0n) is 13.9. The lowest BCUT2D eigenvalue weighted by Crippen LogP contribution is -2.31. The van der Waals surface area contributed by atoms with Crippen LogP contribution in [0.1, 0.15) is 23.6 Å². The molecule has 1 atom stereocenters. The molecule has 2 aromatic carbocycles. The quantitative estimate of drug-likeness (QED) is 0.778. The van der Waals surface area contributed by atoms with Crippen molar-refractivity contribution in [1.82, 2.24) is 5.32 Å². The number of alkyl halides is 3. The van der Waals surface area contributed by atoms with Crippen LogP contribution >= 0.6 is 0 Å². The van der Waals surface area contributed by atoms with Gasteiger partial charge in [0, 0.05) is 18.2 Å². The fourth-order valence-electron chi connectivity index (χ4n) is 2.46. The average molecular weight is 350 g/mol. The van der Waals surface area contributed by atoms with E-state index in [1.165, 1.54) is 12.1 Å². The van der Waals surface area contributed by atoms with E-state index in [0.29, 0.717) is 30.6 Å². The third-order valence-corrected chi connectivity index (χ3v) is 3.96. The van der Waals surface area contributed by atoms with Crippen molar-refractivity contribution < 1.29 is 18.0 Å². The highest BCUT2D eigenvalue weighted by Gasteiger charge is 2.30. The highest BCUT2D eigenvalue weighted by molar-refractivity contribution is 5.78. The largest absolute Gasteiger partial charge is 0.416 e. The first-order valence-electron chi connectivity index (χ1n) is 8.04. The van der Waals surface area contributed by atoms with Gasteiger partial charge in [0.15, 0.2) is 0 Å². The fraction of sp³-hybridized carbons (Fsp3) is 0.316. The van der Waals surface area contributed by atoms with Gasteiger partial charge >= 0.3 is 6.18 Å². The highest BCUT2D eigenvalue weighted by atomic mass is 19.4. The second-order valence-electron chi connectivity index (χ2n) is 6.08. The van der Waals surface area contributed by atoms with Crippen molar-refractivity contribution in [2.45, 2.75) is 25.9 Å². The number of hydrogen-bond donors (Lipinski definition) is 2. The summed E-state index contributed by atoms with van der Waals surface area (Å²) in [4.78, 5) is 12.1. The number of anilines is 1. The second-order valence-corrected chi connectivity index (χ2v) is 6.08. The van der Waals surface area contributed by atoms with Gasteiger partial charge in [-0.3, -0.25) is 4.79 Å². The van der Waals surface area contributed by atoms with Crippen LogP contribution in [0.5, 0.6) is 0 Å². The maximum Gasteiger partial charge on any atom is 0.416 e. The van der Waals surface area contributed by atoms with Crippen LogP contribution < -0.4 is 11.1 Å². The zero-order valence-corrected chi connectivity index (χ0v) is 13.9. The number of benzene rings is 2. The molecule has 6 heteroatoms. The third-order valence-electron chi connectivity index (χ3n) is 3.96. The number of nitrogens with one attached hydrogen (secondary N) is 1. The number of halogens is 3. The van der Waals surface area contributed by atoms with Crippen molar-refractivity contribution in [3.63, 3.8) is 0 Å². The van der Waals surface area contributed by atoms with Crippen LogP contribution in [0, 0.1) is 5.92 Å². The number of hydrogen-bond acceptors (Lipinski definition) is 2. The molecular weight excluding hydrogens is 329 g/mol. The zero-order chi connectivity index (χ0) is 18.4. The van der Waals surface area contributed by atoms with Crippen molar-refractivity contribution in [2.75, 3.05) is 12.3 Å². The van der Waals surface area contributed by atoms with Crippen molar-refractivity contribution >= 4 is 11.6 Å². The molecule has 0 aliphatic carbocycles. The Morgan fingerprint density at radius 1 is 1.04 bits per heavy atom. The van der Waals surface area contributed by atoms with Crippen molar-refractivity contribution in [3.8, 4) is 0 Å². The molecule has 25 heavy (non-hydrogen) atoms. The lowest BCUT2D eigenvalue weighted by Gasteiger charge is -2.13. The molecule has 0 saturated carbocycles. The predicted molar refractivity (Wildman–Crippen MR) is 91.9 cm³/mol. The van der Waals surface area contributed by atoms with Gasteiger partial charge in [0.2, 0.25) is 5.91 Å². The molecule has 134 valence electrons. The molecular formula is C19H21F3N2O. The molecule has 0 spiro atoms. The molecule has 2 rings (SSSR count). The van der Waals surface area contributed by atoms with Gasteiger partial charge in [-0.25, -0.2) is 0 Å². The molecule has 1 unspecified atom stereocenters. The maximum atomic E-state index is 12.5. The first-order chi connectivity index (χ1) is 11.8. The molecule has 2 aromatic rings. The monoisotopic (exact) mass is 350 g/mol. The van der Waals surface area contributed by atoms with Gasteiger partial charge in [-0.05, 0) is 48.2 Å². The number of carbonyl (C=O) groups excluding carboxylic acids is 1. The molecule has 0 aromatic heterocycles. The summed E-state index contributed by atoms with van der Waals surface area (Å²) < 4.78 is 37.6. The number of nitrogen functional groups attached to an aromatic ring is 1. The Kier molecular flexibility index (Phi) is 6.07. The van der Waals surface area contributed by atoms with Gasteiger partial charge in [0.1, 0.15) is 0 Å². The van der Waals surface area contributed by atoms with Crippen LogP contribution in [-0.2, 0) is 23.8 Å². The van der Waals surface area contributed by atoms with Crippen LogP contribution in [-0.4, -0.2) is 12.5 Å². The average Bonchev–Trinajstić information content (AvgIpc) is 2.56. The molecule has 0 aliphatic rings. The summed E-state index contributed by atoms with van der Waals surface area (Å²) in [6, 6.07) is 12.4. The molecule has 0 radical (unpaired) electrons. The molecule has 0 aliphatic heterocycles. The van der Waals surface area contributed by atoms with Crippen molar-refractivity contribution in [1.29, 1.82) is 0 Å². The highest BCUT2D eigenvalue weighted by Crippen LogP contribution is 2.29. The topological polar surface area (TPSA) is 55.1 Å². The maximum absolute atomic E-state index is 12.5. The molecule has 0 saturated heterocycles. The second kappa shape index (κ2) is 8.05. The van der Waals surface area contributed by atoms with Crippen LogP contribution in [0.3, 0.4) is 0 Å². The first-order valence-corrected chi connectivity index (χ1v) is 8.04. The Labute approximate surface area is 145 Å². The number of carbonyl (C=O) groups is 1. The summed E-state index contributed by atoms with van der Waals surface area (Å²) in [5, 5.41) is 2.85. The Morgan fingerprint density at radius 3 is 2.16 bits per heavy atom. The smallest absolute Gasteiger partial charge is 0.399 e. The van der Waals surface area contributed by atoms with Gasteiger partial charge in [-0.1, -0.05) is 31.2 Å². The van der Waals surface area contributed by atoms with E-state index >= 15 is 0 Å². The molecule has 3 nitrogen and oxygen atoms in total. The summed E-state index contributed by atoms with van der Waals surface area (Å²) in [5.74, 6) is -0.432. The van der Waals surface area contributed by atoms with E-state index in [4.69, 9.17) is 5.73 Å². The summed E-state index contributed by atoms with van der Waals surface area (Å²) >= 11 is 0. The van der Waals surface area contributed by atoms with Gasteiger partial charge < -0.3 is 11.1 Å². The summed E-state index contributed by atoms with van der Waals surface area (Å²) in [6.45, 7) is 2.26. The number of rotatable bonds is 6. The lowest BCUT2D eigenvalue weighted by molar-refractivity contribution is -0.137. The normalized spacial score (nSPS) is 12.6. The van der Waals surface area contributed by atoms with Gasteiger partial charge in [0.25, 0.3) is 0 Å². The van der Waals surface area contributed by atoms with E-state index in [0.717, 1.165) is 17.7 Å². The molecule has 3 N–H and O–H groups in total. The van der Waals surface area contributed by atoms with E-state index in [2.05, 4.69) is 5.32 Å². The summed E-state index contributed by atoms with van der Waals surface area (Å²) in [6.07, 6.45) is -3.26. The van der Waals surface area contributed by atoms with Gasteiger partial charge in [-0.2, -0.15) is 13.2 Å².